The molecule has 2 fully saturated rings. The minimum atomic E-state index is -0.776. The number of urea groups is 1. The van der Waals surface area contributed by atoms with E-state index in [0.717, 1.165) is 24.2 Å². The van der Waals surface area contributed by atoms with Gasteiger partial charge in [0, 0.05) is 12.6 Å². The topological polar surface area (TPSA) is 90.5 Å². The van der Waals surface area contributed by atoms with Crippen molar-refractivity contribution in [1.82, 2.24) is 20.9 Å². The number of hydrogen-bond donors (Lipinski definition) is 3. The Bertz CT molecular complexity index is 472. The van der Waals surface area contributed by atoms with Gasteiger partial charge in [0.05, 0.1) is 0 Å². The lowest BCUT2D eigenvalue weighted by molar-refractivity contribution is -0.136. The molecule has 7 nitrogen and oxygen atoms in total. The van der Waals surface area contributed by atoms with Gasteiger partial charge >= 0.3 is 6.03 Å². The van der Waals surface area contributed by atoms with E-state index in [1.807, 2.05) is 14.0 Å². The molecule has 1 unspecified atom stereocenters. The maximum absolute atomic E-state index is 12.7. The SMILES string of the molecule is CCC1CCC2(CC1)NC(=O)N(CC(=O)NCC(C)NC)C2=O. The molecule has 23 heavy (non-hydrogen) atoms. The lowest BCUT2D eigenvalue weighted by atomic mass is 9.75. The summed E-state index contributed by atoms with van der Waals surface area (Å²) in [6, 6.07) is -0.306. The van der Waals surface area contributed by atoms with Gasteiger partial charge in [-0.15, -0.1) is 0 Å². The molecule has 1 saturated carbocycles. The van der Waals surface area contributed by atoms with E-state index in [1.165, 1.54) is 0 Å². The van der Waals surface area contributed by atoms with Crippen molar-refractivity contribution in [3.63, 3.8) is 0 Å². The Kier molecular flexibility index (Phi) is 5.62. The highest BCUT2D eigenvalue weighted by Gasteiger charge is 2.52. The molecule has 1 aliphatic carbocycles. The van der Waals surface area contributed by atoms with Gasteiger partial charge in [0.2, 0.25) is 5.91 Å². The summed E-state index contributed by atoms with van der Waals surface area (Å²) in [4.78, 5) is 37.8. The number of likely N-dealkylation sites (N-methyl/N-ethyl adjacent to an activating group) is 1. The molecule has 1 atom stereocenters. The lowest BCUT2D eigenvalue weighted by Crippen LogP contribution is -2.50. The molecule has 1 heterocycles. The second-order valence-electron chi connectivity index (χ2n) is 6.75. The summed E-state index contributed by atoms with van der Waals surface area (Å²) in [6.07, 6.45) is 4.34. The smallest absolute Gasteiger partial charge is 0.325 e. The molecule has 1 aliphatic heterocycles. The Morgan fingerprint density at radius 1 is 1.39 bits per heavy atom. The van der Waals surface area contributed by atoms with Crippen LogP contribution in [-0.2, 0) is 9.59 Å². The number of hydrogen-bond acceptors (Lipinski definition) is 4. The summed E-state index contributed by atoms with van der Waals surface area (Å²) >= 11 is 0. The third-order valence-electron chi connectivity index (χ3n) is 5.18. The van der Waals surface area contributed by atoms with Gasteiger partial charge in [0.15, 0.2) is 0 Å². The Balaban J connectivity index is 1.93. The number of imide groups is 1. The van der Waals surface area contributed by atoms with E-state index in [-0.39, 0.29) is 24.4 Å². The molecule has 2 rings (SSSR count). The second-order valence-corrected chi connectivity index (χ2v) is 6.75. The van der Waals surface area contributed by atoms with E-state index in [1.54, 1.807) is 0 Å². The zero-order valence-electron chi connectivity index (χ0n) is 14.3. The zero-order chi connectivity index (χ0) is 17.0. The standard InChI is InChI=1S/C16H28N4O3/c1-4-12-5-7-16(8-6-12)14(22)20(15(23)19-16)10-13(21)18-9-11(2)17-3/h11-12,17H,4-10H2,1-3H3,(H,18,21)(H,19,23). The van der Waals surface area contributed by atoms with Crippen LogP contribution in [0.15, 0.2) is 0 Å². The predicted octanol–water partition coefficient (Wildman–Crippen LogP) is 0.601. The van der Waals surface area contributed by atoms with Gasteiger partial charge in [-0.1, -0.05) is 13.3 Å². The quantitative estimate of drug-likeness (QED) is 0.624. The first kappa shape index (κ1) is 17.7. The molecule has 3 N–H and O–H groups in total. The molecule has 0 aromatic rings. The average molecular weight is 324 g/mol. The van der Waals surface area contributed by atoms with Crippen molar-refractivity contribution < 1.29 is 14.4 Å². The third-order valence-corrected chi connectivity index (χ3v) is 5.18. The summed E-state index contributed by atoms with van der Waals surface area (Å²) in [5.41, 5.74) is -0.776. The average Bonchev–Trinajstić information content (AvgIpc) is 2.77. The van der Waals surface area contributed by atoms with Crippen LogP contribution in [0.1, 0.15) is 46.0 Å². The first-order valence-corrected chi connectivity index (χ1v) is 8.50. The molecule has 2 aliphatic rings. The summed E-state index contributed by atoms with van der Waals surface area (Å²) < 4.78 is 0. The highest BCUT2D eigenvalue weighted by molar-refractivity contribution is 6.09. The van der Waals surface area contributed by atoms with E-state index in [0.29, 0.717) is 25.3 Å². The largest absolute Gasteiger partial charge is 0.353 e. The van der Waals surface area contributed by atoms with E-state index in [2.05, 4.69) is 22.9 Å². The molecule has 130 valence electrons. The molecule has 0 radical (unpaired) electrons. The molecule has 0 aromatic heterocycles. The zero-order valence-corrected chi connectivity index (χ0v) is 14.3. The van der Waals surface area contributed by atoms with E-state index in [4.69, 9.17) is 0 Å². The van der Waals surface area contributed by atoms with Crippen LogP contribution < -0.4 is 16.0 Å². The van der Waals surface area contributed by atoms with Crippen molar-refractivity contribution in [2.24, 2.45) is 5.92 Å². The van der Waals surface area contributed by atoms with Crippen LogP contribution in [0.4, 0.5) is 4.79 Å². The van der Waals surface area contributed by atoms with Gasteiger partial charge in [0.1, 0.15) is 12.1 Å². The number of carbonyl (C=O) groups is 3. The minimum absolute atomic E-state index is 0.137. The van der Waals surface area contributed by atoms with Gasteiger partial charge in [-0.3, -0.25) is 14.5 Å². The Morgan fingerprint density at radius 3 is 2.61 bits per heavy atom. The van der Waals surface area contributed by atoms with Gasteiger partial charge in [-0.05, 0) is 45.6 Å². The summed E-state index contributed by atoms with van der Waals surface area (Å²) in [7, 11) is 1.81. The van der Waals surface area contributed by atoms with Crippen molar-refractivity contribution in [2.75, 3.05) is 20.1 Å². The Hall–Kier alpha value is -1.63. The predicted molar refractivity (Wildman–Crippen MR) is 86.8 cm³/mol. The fraction of sp³-hybridized carbons (Fsp3) is 0.812. The lowest BCUT2D eigenvalue weighted by Gasteiger charge is -2.34. The Labute approximate surface area is 137 Å². The minimum Gasteiger partial charge on any atom is -0.353 e. The maximum atomic E-state index is 12.7. The molecule has 1 spiro atoms. The first-order chi connectivity index (χ1) is 10.9. The molecule has 0 bridgehead atoms. The molecular formula is C16H28N4O3. The highest BCUT2D eigenvalue weighted by atomic mass is 16.2. The van der Waals surface area contributed by atoms with Crippen LogP contribution >= 0.6 is 0 Å². The van der Waals surface area contributed by atoms with Gasteiger partial charge < -0.3 is 16.0 Å². The van der Waals surface area contributed by atoms with Gasteiger partial charge in [0.25, 0.3) is 5.91 Å². The summed E-state index contributed by atoms with van der Waals surface area (Å²) in [5.74, 6) is 0.0782. The van der Waals surface area contributed by atoms with Crippen molar-refractivity contribution >= 4 is 17.8 Å². The van der Waals surface area contributed by atoms with Crippen LogP contribution in [0, 0.1) is 5.92 Å². The van der Waals surface area contributed by atoms with Crippen LogP contribution in [0.2, 0.25) is 0 Å². The fourth-order valence-corrected chi connectivity index (χ4v) is 3.31. The van der Waals surface area contributed by atoms with Crippen molar-refractivity contribution in [2.45, 2.75) is 57.5 Å². The first-order valence-electron chi connectivity index (χ1n) is 8.50. The monoisotopic (exact) mass is 324 g/mol. The Morgan fingerprint density at radius 2 is 2.04 bits per heavy atom. The molecule has 0 aromatic carbocycles. The normalized spacial score (nSPS) is 28.8. The van der Waals surface area contributed by atoms with Gasteiger partial charge in [-0.2, -0.15) is 0 Å². The number of nitrogens with one attached hydrogen (secondary N) is 3. The van der Waals surface area contributed by atoms with Gasteiger partial charge in [-0.25, -0.2) is 4.79 Å². The third kappa shape index (κ3) is 3.83. The second kappa shape index (κ2) is 7.29. The van der Waals surface area contributed by atoms with Crippen LogP contribution in [0.5, 0.6) is 0 Å². The molecule has 1 saturated heterocycles. The number of nitrogens with zero attached hydrogens (tertiary/aromatic N) is 1. The van der Waals surface area contributed by atoms with E-state index < -0.39 is 11.6 Å². The number of carbonyl (C=O) groups excluding carboxylic acids is 3. The number of rotatable bonds is 6. The van der Waals surface area contributed by atoms with Crippen molar-refractivity contribution in [3.05, 3.63) is 0 Å². The molecule has 7 heteroatoms. The van der Waals surface area contributed by atoms with Crippen LogP contribution in [-0.4, -0.2) is 54.5 Å². The van der Waals surface area contributed by atoms with E-state index in [9.17, 15) is 14.4 Å². The summed E-state index contributed by atoms with van der Waals surface area (Å²) in [6.45, 7) is 4.35. The highest BCUT2D eigenvalue weighted by Crippen LogP contribution is 2.37. The fourth-order valence-electron chi connectivity index (χ4n) is 3.31. The van der Waals surface area contributed by atoms with Crippen molar-refractivity contribution in [3.8, 4) is 0 Å². The van der Waals surface area contributed by atoms with Crippen LogP contribution in [0.3, 0.4) is 0 Å². The van der Waals surface area contributed by atoms with E-state index >= 15 is 0 Å². The molecular weight excluding hydrogens is 296 g/mol. The molecule has 4 amide bonds. The van der Waals surface area contributed by atoms with Crippen molar-refractivity contribution in [1.29, 1.82) is 0 Å². The summed E-state index contributed by atoms with van der Waals surface area (Å²) in [5, 5.41) is 8.59. The number of amides is 4. The maximum Gasteiger partial charge on any atom is 0.325 e. The van der Waals surface area contributed by atoms with Crippen LogP contribution in [0.25, 0.3) is 0 Å².